The van der Waals surface area contributed by atoms with Crippen molar-refractivity contribution in [2.24, 2.45) is 0 Å². The molecule has 1 saturated heterocycles. The van der Waals surface area contributed by atoms with E-state index in [4.69, 9.17) is 21.7 Å². The number of amides is 1. The van der Waals surface area contributed by atoms with Crippen LogP contribution in [0, 0.1) is 0 Å². The van der Waals surface area contributed by atoms with Gasteiger partial charge in [-0.1, -0.05) is 72.9 Å². The average molecular weight is 468 g/mol. The maximum atomic E-state index is 12.8. The van der Waals surface area contributed by atoms with E-state index >= 15 is 0 Å². The van der Waals surface area contributed by atoms with Gasteiger partial charge in [-0.2, -0.15) is 0 Å². The number of thioether (sulfide) groups is 1. The van der Waals surface area contributed by atoms with Crippen molar-refractivity contribution in [1.82, 2.24) is 4.90 Å². The number of hydrogen-bond donors (Lipinski definition) is 0. The van der Waals surface area contributed by atoms with E-state index < -0.39 is 5.97 Å². The third-order valence-corrected chi connectivity index (χ3v) is 6.82. The predicted octanol–water partition coefficient (Wildman–Crippen LogP) is 5.34. The van der Waals surface area contributed by atoms with Crippen molar-refractivity contribution in [3.8, 4) is 5.75 Å². The minimum atomic E-state index is -0.394. The van der Waals surface area contributed by atoms with Crippen molar-refractivity contribution in [2.45, 2.75) is 44.8 Å². The van der Waals surface area contributed by atoms with Gasteiger partial charge in [-0.3, -0.25) is 14.5 Å². The van der Waals surface area contributed by atoms with Gasteiger partial charge in [0.15, 0.2) is 0 Å². The maximum absolute atomic E-state index is 12.8. The third-order valence-electron chi connectivity index (χ3n) is 5.44. The Hall–Kier alpha value is -2.64. The molecule has 2 aliphatic rings. The van der Waals surface area contributed by atoms with Crippen molar-refractivity contribution in [2.75, 3.05) is 6.54 Å². The summed E-state index contributed by atoms with van der Waals surface area (Å²) >= 11 is 6.54. The van der Waals surface area contributed by atoms with Crippen LogP contribution >= 0.6 is 24.0 Å². The van der Waals surface area contributed by atoms with Gasteiger partial charge in [0.1, 0.15) is 29.3 Å². The lowest BCUT2D eigenvalue weighted by atomic mass is 9.98. The van der Waals surface area contributed by atoms with Crippen molar-refractivity contribution in [3.63, 3.8) is 0 Å². The van der Waals surface area contributed by atoms with E-state index in [-0.39, 0.29) is 18.6 Å². The quantitative estimate of drug-likeness (QED) is 0.311. The van der Waals surface area contributed by atoms with Crippen LogP contribution in [0.2, 0.25) is 0 Å². The van der Waals surface area contributed by atoms with Crippen LogP contribution in [0.4, 0.5) is 0 Å². The summed E-state index contributed by atoms with van der Waals surface area (Å²) in [7, 11) is 0. The zero-order chi connectivity index (χ0) is 22.3. The molecule has 0 N–H and O–H groups in total. The number of esters is 1. The van der Waals surface area contributed by atoms with E-state index in [1.807, 2.05) is 54.6 Å². The highest BCUT2D eigenvalue weighted by molar-refractivity contribution is 8.26. The molecule has 1 heterocycles. The van der Waals surface area contributed by atoms with Crippen molar-refractivity contribution in [3.05, 3.63) is 70.6 Å². The number of benzene rings is 2. The standard InChI is InChI=1S/C25H25NO4S2/c27-23(30-21-9-5-2-6-10-21)16-26-24(28)22(32-25(26)31)15-18-11-13-20(14-12-18)29-17-19-7-3-1-4-8-19/h1,3-4,7-8,11-15,21H,2,5-6,9-10,16-17H2/b22-15-. The number of thiocarbonyl (C=S) groups is 1. The van der Waals surface area contributed by atoms with E-state index in [0.717, 1.165) is 42.6 Å². The molecule has 1 amide bonds. The minimum absolute atomic E-state index is 0.0344. The van der Waals surface area contributed by atoms with Crippen LogP contribution in [-0.2, 0) is 20.9 Å². The molecule has 7 heteroatoms. The first-order chi connectivity index (χ1) is 15.6. The van der Waals surface area contributed by atoms with Gasteiger partial charge in [0.2, 0.25) is 0 Å². The number of nitrogens with zero attached hydrogens (tertiary/aromatic N) is 1. The smallest absolute Gasteiger partial charge is 0.326 e. The Morgan fingerprint density at radius 2 is 1.78 bits per heavy atom. The second kappa shape index (κ2) is 10.8. The highest BCUT2D eigenvalue weighted by Crippen LogP contribution is 2.33. The zero-order valence-corrected chi connectivity index (χ0v) is 19.3. The molecule has 0 bridgehead atoms. The molecular formula is C25H25NO4S2. The van der Waals surface area contributed by atoms with E-state index in [0.29, 0.717) is 15.8 Å². The molecule has 2 aromatic carbocycles. The summed E-state index contributed by atoms with van der Waals surface area (Å²) in [6.45, 7) is 0.362. The fraction of sp³-hybridized carbons (Fsp3) is 0.320. The number of carbonyl (C=O) groups is 2. The number of hydrogen-bond acceptors (Lipinski definition) is 6. The molecule has 0 aromatic heterocycles. The number of ether oxygens (including phenoxy) is 2. The van der Waals surface area contributed by atoms with E-state index in [1.165, 1.54) is 23.1 Å². The molecule has 0 spiro atoms. The lowest BCUT2D eigenvalue weighted by molar-refractivity contribution is -0.152. The van der Waals surface area contributed by atoms with Crippen LogP contribution in [0.1, 0.15) is 43.2 Å². The Bertz CT molecular complexity index is 998. The summed E-state index contributed by atoms with van der Waals surface area (Å²) < 4.78 is 11.7. The molecule has 2 aromatic rings. The topological polar surface area (TPSA) is 55.8 Å². The molecule has 0 radical (unpaired) electrons. The Balaban J connectivity index is 1.33. The molecule has 0 atom stereocenters. The van der Waals surface area contributed by atoms with Gasteiger partial charge in [0.05, 0.1) is 4.91 Å². The Morgan fingerprint density at radius 1 is 1.06 bits per heavy atom. The Morgan fingerprint density at radius 3 is 2.50 bits per heavy atom. The first kappa shape index (κ1) is 22.6. The monoisotopic (exact) mass is 467 g/mol. The van der Waals surface area contributed by atoms with Gasteiger partial charge in [0.25, 0.3) is 5.91 Å². The largest absolute Gasteiger partial charge is 0.489 e. The molecule has 1 saturated carbocycles. The highest BCUT2D eigenvalue weighted by Gasteiger charge is 2.34. The van der Waals surface area contributed by atoms with Crippen LogP contribution in [0.15, 0.2) is 59.5 Å². The number of rotatable bonds is 7. The normalized spacial score (nSPS) is 18.2. The minimum Gasteiger partial charge on any atom is -0.489 e. The molecule has 2 fully saturated rings. The van der Waals surface area contributed by atoms with Crippen LogP contribution in [0.5, 0.6) is 5.75 Å². The molecule has 1 aliphatic heterocycles. The summed E-state index contributed by atoms with van der Waals surface area (Å²) in [5.74, 6) is 0.100. The lowest BCUT2D eigenvalue weighted by Crippen LogP contribution is -2.36. The third kappa shape index (κ3) is 5.99. The zero-order valence-electron chi connectivity index (χ0n) is 17.7. The molecule has 5 nitrogen and oxygen atoms in total. The van der Waals surface area contributed by atoms with Gasteiger partial charge in [-0.25, -0.2) is 0 Å². The molecule has 1 aliphatic carbocycles. The lowest BCUT2D eigenvalue weighted by Gasteiger charge is -2.23. The maximum Gasteiger partial charge on any atom is 0.326 e. The Labute approximate surface area is 197 Å². The van der Waals surface area contributed by atoms with Crippen LogP contribution < -0.4 is 4.74 Å². The summed E-state index contributed by atoms with van der Waals surface area (Å²) in [6.07, 6.45) is 6.90. The number of carbonyl (C=O) groups excluding carboxylic acids is 2. The van der Waals surface area contributed by atoms with Gasteiger partial charge >= 0.3 is 5.97 Å². The second-order valence-electron chi connectivity index (χ2n) is 7.86. The summed E-state index contributed by atoms with van der Waals surface area (Å²) in [6, 6.07) is 17.5. The first-order valence-corrected chi connectivity index (χ1v) is 12.0. The summed E-state index contributed by atoms with van der Waals surface area (Å²) in [4.78, 5) is 26.9. The Kier molecular flexibility index (Phi) is 7.60. The molecule has 166 valence electrons. The summed E-state index contributed by atoms with van der Waals surface area (Å²) in [5, 5.41) is 0. The van der Waals surface area contributed by atoms with Gasteiger partial charge in [-0.05, 0) is 55.0 Å². The van der Waals surface area contributed by atoms with Crippen molar-refractivity contribution >= 4 is 46.3 Å². The predicted molar refractivity (Wildman–Crippen MR) is 130 cm³/mol. The highest BCUT2D eigenvalue weighted by atomic mass is 32.2. The average Bonchev–Trinajstić information content (AvgIpc) is 3.07. The molecular weight excluding hydrogens is 442 g/mol. The van der Waals surface area contributed by atoms with Gasteiger partial charge in [-0.15, -0.1) is 0 Å². The molecule has 0 unspecified atom stereocenters. The van der Waals surface area contributed by atoms with Crippen LogP contribution in [-0.4, -0.2) is 33.7 Å². The van der Waals surface area contributed by atoms with Crippen LogP contribution in [0.25, 0.3) is 6.08 Å². The molecule has 4 rings (SSSR count). The fourth-order valence-electron chi connectivity index (χ4n) is 3.72. The fourth-order valence-corrected chi connectivity index (χ4v) is 4.98. The second-order valence-corrected chi connectivity index (χ2v) is 9.54. The van der Waals surface area contributed by atoms with Crippen molar-refractivity contribution in [1.29, 1.82) is 0 Å². The molecule has 32 heavy (non-hydrogen) atoms. The van der Waals surface area contributed by atoms with E-state index in [2.05, 4.69) is 0 Å². The first-order valence-electron chi connectivity index (χ1n) is 10.8. The van der Waals surface area contributed by atoms with Crippen LogP contribution in [0.3, 0.4) is 0 Å². The summed E-state index contributed by atoms with van der Waals surface area (Å²) in [5.41, 5.74) is 1.96. The van der Waals surface area contributed by atoms with Crippen molar-refractivity contribution < 1.29 is 19.1 Å². The van der Waals surface area contributed by atoms with Gasteiger partial charge in [0, 0.05) is 0 Å². The van der Waals surface area contributed by atoms with E-state index in [1.54, 1.807) is 6.08 Å². The SMILES string of the molecule is O=C(CN1C(=O)/C(=C/c2ccc(OCc3ccccc3)cc2)SC1=S)OC1CCCCC1. The van der Waals surface area contributed by atoms with E-state index in [9.17, 15) is 9.59 Å². The van der Waals surface area contributed by atoms with Gasteiger partial charge < -0.3 is 9.47 Å².